The monoisotopic (exact) mass is 652 g/mol. The van der Waals surface area contributed by atoms with Gasteiger partial charge in [-0.1, -0.05) is 102 Å². The van der Waals surface area contributed by atoms with Crippen molar-refractivity contribution in [2.24, 2.45) is 0 Å². The molecule has 226 valence electrons. The second kappa shape index (κ2) is 11.7. The van der Waals surface area contributed by atoms with Crippen molar-refractivity contribution in [1.82, 2.24) is 19.9 Å². The van der Waals surface area contributed by atoms with Crippen LogP contribution in [0.2, 0.25) is 0 Å². The van der Waals surface area contributed by atoms with Gasteiger partial charge in [0.2, 0.25) is 0 Å². The lowest BCUT2D eigenvalue weighted by Crippen LogP contribution is -2.30. The Labute approximate surface area is 266 Å². The standard InChI is InChI=1S/C36H37BrN4O3/c1-8-11-15-22(10-3)36(6,7)25-19-24(35(4,5)23-16-13-12-14-17-23)20-28(32(25)42)41-38-27-21-26(37)29-30(31(27)39-41)34(44)40(18-9-2)33(29)43/h8,10-17,19-21,42H,3,9,18H2,1-2,4-7H3. The smallest absolute Gasteiger partial charge is 0.263 e. The Kier molecular flexibility index (Phi) is 8.25. The number of hydrogen-bond donors (Lipinski definition) is 1. The van der Waals surface area contributed by atoms with E-state index in [0.717, 1.165) is 16.7 Å². The minimum Gasteiger partial charge on any atom is -0.505 e. The minimum atomic E-state index is -0.650. The normalized spacial score (nSPS) is 14.2. The van der Waals surface area contributed by atoms with Crippen molar-refractivity contribution in [2.75, 3.05) is 6.54 Å². The topological polar surface area (TPSA) is 88.3 Å². The molecule has 2 heterocycles. The van der Waals surface area contributed by atoms with E-state index in [0.29, 0.717) is 39.7 Å². The average molecular weight is 654 g/mol. The van der Waals surface area contributed by atoms with Gasteiger partial charge in [0.1, 0.15) is 22.5 Å². The highest BCUT2D eigenvalue weighted by atomic mass is 79.9. The zero-order valence-corrected chi connectivity index (χ0v) is 27.6. The van der Waals surface area contributed by atoms with Crippen LogP contribution in [0.4, 0.5) is 0 Å². The van der Waals surface area contributed by atoms with Crippen LogP contribution in [0.3, 0.4) is 0 Å². The van der Waals surface area contributed by atoms with Crippen LogP contribution in [0.25, 0.3) is 16.7 Å². The third-order valence-electron chi connectivity index (χ3n) is 8.60. The highest BCUT2D eigenvalue weighted by molar-refractivity contribution is 9.10. The van der Waals surface area contributed by atoms with Gasteiger partial charge >= 0.3 is 0 Å². The van der Waals surface area contributed by atoms with Crippen molar-refractivity contribution in [3.8, 4) is 11.4 Å². The SMILES string of the molecule is C=CC(=CC=CC)C(C)(C)c1cc(C(C)(C)c2ccccc2)cc(-n2nc3cc(Br)c4c(c3n2)C(=O)N(CCC)C4=O)c1O. The quantitative estimate of drug-likeness (QED) is 0.145. The summed E-state index contributed by atoms with van der Waals surface area (Å²) in [6.45, 7) is 16.6. The summed E-state index contributed by atoms with van der Waals surface area (Å²) in [4.78, 5) is 29.2. The molecular weight excluding hydrogens is 616 g/mol. The lowest BCUT2D eigenvalue weighted by atomic mass is 9.72. The Morgan fingerprint density at radius 3 is 2.32 bits per heavy atom. The number of benzene rings is 3. The fraction of sp³-hybridized carbons (Fsp3) is 0.278. The summed E-state index contributed by atoms with van der Waals surface area (Å²) in [5.74, 6) is -0.722. The van der Waals surface area contributed by atoms with Crippen molar-refractivity contribution in [3.05, 3.63) is 117 Å². The maximum Gasteiger partial charge on any atom is 0.263 e. The van der Waals surface area contributed by atoms with E-state index in [-0.39, 0.29) is 28.7 Å². The van der Waals surface area contributed by atoms with Gasteiger partial charge in [-0.05, 0) is 58.1 Å². The molecule has 1 aromatic heterocycles. The van der Waals surface area contributed by atoms with E-state index in [4.69, 9.17) is 10.2 Å². The van der Waals surface area contributed by atoms with Crippen LogP contribution in [-0.2, 0) is 10.8 Å². The number of phenolic OH excluding ortho intramolecular Hbond substituents is 1. The van der Waals surface area contributed by atoms with Crippen LogP contribution < -0.4 is 0 Å². The highest BCUT2D eigenvalue weighted by Crippen LogP contribution is 2.44. The number of aromatic hydroxyl groups is 1. The van der Waals surface area contributed by atoms with Crippen LogP contribution in [0.15, 0.2) is 89.5 Å². The summed E-state index contributed by atoms with van der Waals surface area (Å²) in [6, 6.07) is 15.8. The van der Waals surface area contributed by atoms with Gasteiger partial charge in [-0.2, -0.15) is 0 Å². The van der Waals surface area contributed by atoms with Crippen LogP contribution in [0.5, 0.6) is 5.75 Å². The molecule has 3 aromatic carbocycles. The number of hydrogen-bond acceptors (Lipinski definition) is 5. The average Bonchev–Trinajstić information content (AvgIpc) is 3.52. The molecule has 8 heteroatoms. The second-order valence-electron chi connectivity index (χ2n) is 12.1. The molecule has 5 rings (SSSR count). The first-order chi connectivity index (χ1) is 20.9. The molecule has 0 unspecified atom stereocenters. The van der Waals surface area contributed by atoms with Gasteiger partial charge in [0.05, 0.1) is 11.1 Å². The molecule has 0 radical (unpaired) electrons. The number of phenols is 1. The zero-order valence-electron chi connectivity index (χ0n) is 26.0. The molecule has 0 atom stereocenters. The number of halogens is 1. The molecule has 0 aliphatic carbocycles. The van der Waals surface area contributed by atoms with E-state index in [1.165, 1.54) is 9.70 Å². The largest absolute Gasteiger partial charge is 0.505 e. The van der Waals surface area contributed by atoms with Crippen molar-refractivity contribution in [1.29, 1.82) is 0 Å². The van der Waals surface area contributed by atoms with E-state index in [9.17, 15) is 14.7 Å². The van der Waals surface area contributed by atoms with Crippen molar-refractivity contribution < 1.29 is 14.7 Å². The van der Waals surface area contributed by atoms with E-state index in [1.54, 1.807) is 12.1 Å². The van der Waals surface area contributed by atoms with Gasteiger partial charge < -0.3 is 5.11 Å². The van der Waals surface area contributed by atoms with E-state index < -0.39 is 10.8 Å². The van der Waals surface area contributed by atoms with Crippen LogP contribution >= 0.6 is 15.9 Å². The fourth-order valence-electron chi connectivity index (χ4n) is 5.85. The maximum absolute atomic E-state index is 13.4. The predicted molar refractivity (Wildman–Crippen MR) is 179 cm³/mol. The number of imide groups is 1. The van der Waals surface area contributed by atoms with Crippen molar-refractivity contribution >= 4 is 38.8 Å². The molecule has 0 spiro atoms. The van der Waals surface area contributed by atoms with Gasteiger partial charge in [-0.3, -0.25) is 14.5 Å². The first-order valence-corrected chi connectivity index (χ1v) is 15.5. The highest BCUT2D eigenvalue weighted by Gasteiger charge is 2.40. The van der Waals surface area contributed by atoms with Gasteiger partial charge in [-0.25, -0.2) is 0 Å². The lowest BCUT2D eigenvalue weighted by Gasteiger charge is -2.32. The first kappa shape index (κ1) is 31.1. The number of amides is 2. The molecule has 0 fully saturated rings. The molecule has 1 N–H and O–H groups in total. The third-order valence-corrected chi connectivity index (χ3v) is 9.23. The number of aromatic nitrogens is 3. The summed E-state index contributed by atoms with van der Waals surface area (Å²) in [7, 11) is 0. The van der Waals surface area contributed by atoms with E-state index in [1.807, 2.05) is 76.3 Å². The van der Waals surface area contributed by atoms with E-state index >= 15 is 0 Å². The third kappa shape index (κ3) is 5.01. The summed E-state index contributed by atoms with van der Waals surface area (Å²) in [6.07, 6.45) is 8.34. The number of carbonyl (C=O) groups excluding carboxylic acids is 2. The van der Waals surface area contributed by atoms with Gasteiger partial charge in [0, 0.05) is 27.4 Å². The Morgan fingerprint density at radius 1 is 1.00 bits per heavy atom. The maximum atomic E-state index is 13.4. The molecule has 44 heavy (non-hydrogen) atoms. The molecule has 1 aliphatic rings. The molecule has 2 amide bonds. The Hall–Kier alpha value is -4.30. The summed E-state index contributed by atoms with van der Waals surface area (Å²) >= 11 is 3.49. The Balaban J connectivity index is 1.79. The number of fused-ring (bicyclic) bond motifs is 3. The van der Waals surface area contributed by atoms with Crippen LogP contribution in [0, 0.1) is 0 Å². The molecular formula is C36H37BrN4O3. The summed E-state index contributed by atoms with van der Waals surface area (Å²) < 4.78 is 0.485. The molecule has 1 aliphatic heterocycles. The molecule has 7 nitrogen and oxygen atoms in total. The molecule has 0 saturated carbocycles. The minimum absolute atomic E-state index is 0.0156. The predicted octanol–water partition coefficient (Wildman–Crippen LogP) is 8.19. The van der Waals surface area contributed by atoms with Crippen LogP contribution in [0.1, 0.15) is 85.4 Å². The van der Waals surface area contributed by atoms with Crippen LogP contribution in [-0.4, -0.2) is 43.4 Å². The number of allylic oxidation sites excluding steroid dienone is 5. The number of carbonyl (C=O) groups is 2. The number of rotatable bonds is 9. The summed E-state index contributed by atoms with van der Waals surface area (Å²) in [5.41, 5.74) is 4.18. The second-order valence-corrected chi connectivity index (χ2v) is 12.9. The Morgan fingerprint density at radius 2 is 1.68 bits per heavy atom. The van der Waals surface area contributed by atoms with E-state index in [2.05, 4.69) is 48.5 Å². The van der Waals surface area contributed by atoms with Gasteiger partial charge in [0.15, 0.2) is 0 Å². The summed E-state index contributed by atoms with van der Waals surface area (Å²) in [5, 5.41) is 21.5. The molecule has 4 aromatic rings. The Bertz CT molecular complexity index is 1870. The van der Waals surface area contributed by atoms with Crippen molar-refractivity contribution in [2.45, 2.75) is 58.8 Å². The first-order valence-electron chi connectivity index (χ1n) is 14.7. The number of nitrogens with zero attached hydrogens (tertiary/aromatic N) is 4. The molecule has 0 saturated heterocycles. The zero-order chi connectivity index (χ0) is 32.0. The van der Waals surface area contributed by atoms with Gasteiger partial charge in [-0.15, -0.1) is 15.0 Å². The lowest BCUT2D eigenvalue weighted by molar-refractivity contribution is 0.0654. The van der Waals surface area contributed by atoms with Crippen molar-refractivity contribution in [3.63, 3.8) is 0 Å². The fourth-order valence-corrected chi connectivity index (χ4v) is 6.44. The molecule has 0 bridgehead atoms. The van der Waals surface area contributed by atoms with Gasteiger partial charge in [0.25, 0.3) is 11.8 Å².